The van der Waals surface area contributed by atoms with Crippen molar-refractivity contribution in [1.29, 1.82) is 0 Å². The van der Waals surface area contributed by atoms with Crippen molar-refractivity contribution in [3.63, 3.8) is 0 Å². The van der Waals surface area contributed by atoms with Crippen molar-refractivity contribution in [2.75, 3.05) is 18.0 Å². The highest BCUT2D eigenvalue weighted by molar-refractivity contribution is 5.81. The van der Waals surface area contributed by atoms with Crippen LogP contribution < -0.4 is 4.90 Å². The van der Waals surface area contributed by atoms with Gasteiger partial charge in [-0.2, -0.15) is 0 Å². The SMILES string of the molecule is CC(C)n1cnnc1C1CCCN(c2nc3ccccc3cc2CO)C1. The van der Waals surface area contributed by atoms with Crippen molar-refractivity contribution in [3.05, 3.63) is 48.0 Å². The molecule has 1 saturated heterocycles. The molecule has 1 aliphatic heterocycles. The van der Waals surface area contributed by atoms with E-state index in [1.165, 1.54) is 0 Å². The molecule has 0 radical (unpaired) electrons. The largest absolute Gasteiger partial charge is 0.392 e. The number of hydrogen-bond donors (Lipinski definition) is 1. The third-order valence-electron chi connectivity index (χ3n) is 5.19. The number of aliphatic hydroxyl groups is 1. The van der Waals surface area contributed by atoms with Crippen LogP contribution in [0.1, 0.15) is 50.0 Å². The summed E-state index contributed by atoms with van der Waals surface area (Å²) in [7, 11) is 0. The molecule has 4 rings (SSSR count). The standard InChI is InChI=1S/C20H25N5O/c1-14(2)25-13-21-23-20(25)16-7-5-9-24(11-16)19-17(12-26)10-15-6-3-4-8-18(15)22-19/h3-4,6,8,10,13-14,16,26H,5,7,9,11-12H2,1-2H3. The molecule has 1 aliphatic rings. The van der Waals surface area contributed by atoms with Gasteiger partial charge in [0, 0.05) is 36.0 Å². The molecule has 6 nitrogen and oxygen atoms in total. The molecular formula is C20H25N5O. The summed E-state index contributed by atoms with van der Waals surface area (Å²) in [5, 5.41) is 19.5. The third-order valence-corrected chi connectivity index (χ3v) is 5.19. The molecule has 1 aromatic carbocycles. The van der Waals surface area contributed by atoms with Crippen LogP contribution in [0.5, 0.6) is 0 Å². The lowest BCUT2D eigenvalue weighted by molar-refractivity contribution is 0.281. The van der Waals surface area contributed by atoms with Crippen LogP contribution in [0.4, 0.5) is 5.82 Å². The van der Waals surface area contributed by atoms with Crippen molar-refractivity contribution < 1.29 is 5.11 Å². The zero-order valence-corrected chi connectivity index (χ0v) is 15.3. The summed E-state index contributed by atoms with van der Waals surface area (Å²) in [6, 6.07) is 10.5. The molecule has 3 aromatic rings. The van der Waals surface area contributed by atoms with Gasteiger partial charge in [0.25, 0.3) is 0 Å². The Kier molecular flexibility index (Phi) is 4.59. The van der Waals surface area contributed by atoms with E-state index in [-0.39, 0.29) is 6.61 Å². The Hall–Kier alpha value is -2.47. The Bertz CT molecular complexity index is 904. The minimum atomic E-state index is -0.00346. The van der Waals surface area contributed by atoms with Gasteiger partial charge in [-0.3, -0.25) is 0 Å². The molecule has 0 amide bonds. The van der Waals surface area contributed by atoms with Gasteiger partial charge in [-0.1, -0.05) is 18.2 Å². The normalized spacial score (nSPS) is 18.0. The number of aliphatic hydroxyl groups excluding tert-OH is 1. The highest BCUT2D eigenvalue weighted by Crippen LogP contribution is 2.32. The minimum Gasteiger partial charge on any atom is -0.392 e. The number of aromatic nitrogens is 4. The van der Waals surface area contributed by atoms with Crippen LogP contribution >= 0.6 is 0 Å². The van der Waals surface area contributed by atoms with Gasteiger partial charge >= 0.3 is 0 Å². The van der Waals surface area contributed by atoms with E-state index in [2.05, 4.69) is 39.6 Å². The van der Waals surface area contributed by atoms with Gasteiger partial charge in [0.2, 0.25) is 0 Å². The van der Waals surface area contributed by atoms with Crippen LogP contribution in [0, 0.1) is 0 Å². The van der Waals surface area contributed by atoms with E-state index in [1.807, 2.05) is 30.6 Å². The smallest absolute Gasteiger partial charge is 0.137 e. The molecule has 6 heteroatoms. The number of fused-ring (bicyclic) bond motifs is 1. The lowest BCUT2D eigenvalue weighted by Crippen LogP contribution is -2.36. The van der Waals surface area contributed by atoms with Gasteiger partial charge in [0.05, 0.1) is 12.1 Å². The summed E-state index contributed by atoms with van der Waals surface area (Å²) >= 11 is 0. The minimum absolute atomic E-state index is 0.00346. The predicted molar refractivity (Wildman–Crippen MR) is 102 cm³/mol. The average molecular weight is 351 g/mol. The number of rotatable bonds is 4. The Labute approximate surface area is 153 Å². The fourth-order valence-corrected chi connectivity index (χ4v) is 3.86. The van der Waals surface area contributed by atoms with Crippen LogP contribution in [0.15, 0.2) is 36.7 Å². The molecular weight excluding hydrogens is 326 g/mol. The maximum atomic E-state index is 9.88. The average Bonchev–Trinajstić information content (AvgIpc) is 3.17. The number of anilines is 1. The van der Waals surface area contributed by atoms with Crippen LogP contribution in [0.3, 0.4) is 0 Å². The van der Waals surface area contributed by atoms with Gasteiger partial charge in [-0.25, -0.2) is 4.98 Å². The molecule has 1 unspecified atom stereocenters. The van der Waals surface area contributed by atoms with E-state index in [4.69, 9.17) is 4.98 Å². The second-order valence-corrected chi connectivity index (χ2v) is 7.30. The summed E-state index contributed by atoms with van der Waals surface area (Å²) in [6.45, 7) is 6.11. The van der Waals surface area contributed by atoms with Gasteiger partial charge in [-0.05, 0) is 38.8 Å². The van der Waals surface area contributed by atoms with Crippen molar-refractivity contribution in [2.24, 2.45) is 0 Å². The van der Waals surface area contributed by atoms with Gasteiger partial charge in [-0.15, -0.1) is 10.2 Å². The first-order chi connectivity index (χ1) is 12.7. The second-order valence-electron chi connectivity index (χ2n) is 7.30. The van der Waals surface area contributed by atoms with E-state index in [0.29, 0.717) is 12.0 Å². The second kappa shape index (κ2) is 7.03. The van der Waals surface area contributed by atoms with Crippen molar-refractivity contribution in [2.45, 2.75) is 45.3 Å². The van der Waals surface area contributed by atoms with E-state index in [0.717, 1.165) is 54.0 Å². The number of piperidine rings is 1. The first-order valence-corrected chi connectivity index (χ1v) is 9.31. The monoisotopic (exact) mass is 351 g/mol. The lowest BCUT2D eigenvalue weighted by atomic mass is 9.96. The Morgan fingerprint density at radius 3 is 2.92 bits per heavy atom. The Morgan fingerprint density at radius 2 is 2.12 bits per heavy atom. The fourth-order valence-electron chi connectivity index (χ4n) is 3.86. The van der Waals surface area contributed by atoms with Crippen LogP contribution in [-0.4, -0.2) is 37.9 Å². The lowest BCUT2D eigenvalue weighted by Gasteiger charge is -2.34. The number of pyridine rings is 1. The van der Waals surface area contributed by atoms with E-state index in [9.17, 15) is 5.11 Å². The van der Waals surface area contributed by atoms with Gasteiger partial charge < -0.3 is 14.6 Å². The molecule has 1 atom stereocenters. The van der Waals surface area contributed by atoms with Crippen LogP contribution in [0.2, 0.25) is 0 Å². The summed E-state index contributed by atoms with van der Waals surface area (Å²) in [5.74, 6) is 2.27. The predicted octanol–water partition coefficient (Wildman–Crippen LogP) is 3.28. The summed E-state index contributed by atoms with van der Waals surface area (Å²) in [6.07, 6.45) is 4.01. The number of nitrogens with zero attached hydrogens (tertiary/aromatic N) is 5. The highest BCUT2D eigenvalue weighted by atomic mass is 16.3. The molecule has 0 aliphatic carbocycles. The number of benzene rings is 1. The summed E-state index contributed by atoms with van der Waals surface area (Å²) < 4.78 is 2.16. The Balaban J connectivity index is 1.67. The zero-order chi connectivity index (χ0) is 18.1. The maximum Gasteiger partial charge on any atom is 0.137 e. The van der Waals surface area contributed by atoms with Crippen LogP contribution in [-0.2, 0) is 6.61 Å². The molecule has 0 saturated carbocycles. The first kappa shape index (κ1) is 17.0. The molecule has 1 N–H and O–H groups in total. The third kappa shape index (κ3) is 3.05. The van der Waals surface area contributed by atoms with Crippen molar-refractivity contribution in [1.82, 2.24) is 19.7 Å². The van der Waals surface area contributed by atoms with Crippen molar-refractivity contribution in [3.8, 4) is 0 Å². The Morgan fingerprint density at radius 1 is 1.27 bits per heavy atom. The molecule has 26 heavy (non-hydrogen) atoms. The fraction of sp³-hybridized carbons (Fsp3) is 0.450. The quantitative estimate of drug-likeness (QED) is 0.781. The van der Waals surface area contributed by atoms with Crippen molar-refractivity contribution >= 4 is 16.7 Å². The van der Waals surface area contributed by atoms with Gasteiger partial charge in [0.15, 0.2) is 0 Å². The number of hydrogen-bond acceptors (Lipinski definition) is 5. The number of para-hydroxylation sites is 1. The topological polar surface area (TPSA) is 67.1 Å². The van der Waals surface area contributed by atoms with E-state index < -0.39 is 0 Å². The molecule has 136 valence electrons. The van der Waals surface area contributed by atoms with Gasteiger partial charge in [0.1, 0.15) is 18.0 Å². The molecule has 3 heterocycles. The molecule has 0 spiro atoms. The summed E-state index contributed by atoms with van der Waals surface area (Å²) in [4.78, 5) is 7.16. The first-order valence-electron chi connectivity index (χ1n) is 9.31. The molecule has 0 bridgehead atoms. The summed E-state index contributed by atoms with van der Waals surface area (Å²) in [5.41, 5.74) is 1.85. The van der Waals surface area contributed by atoms with E-state index >= 15 is 0 Å². The van der Waals surface area contributed by atoms with Crippen LogP contribution in [0.25, 0.3) is 10.9 Å². The molecule has 1 fully saturated rings. The molecule has 2 aromatic heterocycles. The maximum absolute atomic E-state index is 9.88. The van der Waals surface area contributed by atoms with E-state index in [1.54, 1.807) is 0 Å². The zero-order valence-electron chi connectivity index (χ0n) is 15.3. The highest BCUT2D eigenvalue weighted by Gasteiger charge is 2.27.